The largest absolute Gasteiger partial charge is 0.504 e. The molecule has 0 fully saturated rings. The maximum atomic E-state index is 11.8. The van der Waals surface area contributed by atoms with Crippen LogP contribution in [-0.2, 0) is 0 Å². The molecular formula is C15H14IN3O3. The number of benzene rings is 2. The van der Waals surface area contributed by atoms with Crippen molar-refractivity contribution >= 4 is 40.4 Å². The number of methoxy groups -OCH3 is 1. The Hall–Kier alpha value is -2.29. The molecule has 0 aliphatic carbocycles. The number of nitrogens with one attached hydrogen (secondary N) is 1. The third kappa shape index (κ3) is 3.88. The van der Waals surface area contributed by atoms with E-state index in [4.69, 9.17) is 10.5 Å². The second-order valence-electron chi connectivity index (χ2n) is 4.38. The number of hydrogen-bond donors (Lipinski definition) is 3. The summed E-state index contributed by atoms with van der Waals surface area (Å²) in [7, 11) is 1.48. The number of carbonyl (C=O) groups is 1. The van der Waals surface area contributed by atoms with Crippen molar-refractivity contribution in [1.82, 2.24) is 5.43 Å². The lowest BCUT2D eigenvalue weighted by atomic mass is 10.2. The number of anilines is 1. The van der Waals surface area contributed by atoms with Crippen LogP contribution in [0.2, 0.25) is 0 Å². The number of ether oxygens (including phenoxy) is 1. The maximum Gasteiger partial charge on any atom is 0.271 e. The molecule has 6 nitrogen and oxygen atoms in total. The Morgan fingerprint density at radius 2 is 2.05 bits per heavy atom. The molecule has 0 saturated heterocycles. The molecule has 2 aromatic rings. The van der Waals surface area contributed by atoms with E-state index in [9.17, 15) is 9.90 Å². The number of hydrazone groups is 1. The first-order valence-electron chi connectivity index (χ1n) is 6.26. The number of aromatic hydroxyl groups is 1. The van der Waals surface area contributed by atoms with Gasteiger partial charge >= 0.3 is 0 Å². The number of amides is 1. The molecule has 0 unspecified atom stereocenters. The van der Waals surface area contributed by atoms with Gasteiger partial charge < -0.3 is 15.6 Å². The van der Waals surface area contributed by atoms with Crippen LogP contribution in [0, 0.1) is 3.57 Å². The highest BCUT2D eigenvalue weighted by molar-refractivity contribution is 14.1. The zero-order valence-corrected chi connectivity index (χ0v) is 13.9. The third-order valence-corrected chi connectivity index (χ3v) is 3.60. The molecule has 0 aliphatic heterocycles. The topological polar surface area (TPSA) is 96.9 Å². The molecule has 1 amide bonds. The van der Waals surface area contributed by atoms with Crippen LogP contribution < -0.4 is 15.9 Å². The zero-order chi connectivity index (χ0) is 16.1. The average Bonchev–Trinajstić information content (AvgIpc) is 2.47. The van der Waals surface area contributed by atoms with E-state index in [0.717, 1.165) is 3.57 Å². The number of hydrogen-bond acceptors (Lipinski definition) is 5. The number of nitrogens with zero attached hydrogens (tertiary/aromatic N) is 1. The summed E-state index contributed by atoms with van der Waals surface area (Å²) >= 11 is 2.04. The summed E-state index contributed by atoms with van der Waals surface area (Å²) in [5.74, 6) is 0.0769. The van der Waals surface area contributed by atoms with Gasteiger partial charge in [-0.1, -0.05) is 0 Å². The smallest absolute Gasteiger partial charge is 0.271 e. The molecule has 22 heavy (non-hydrogen) atoms. The van der Waals surface area contributed by atoms with E-state index in [1.807, 2.05) is 22.6 Å². The summed E-state index contributed by atoms with van der Waals surface area (Å²) < 4.78 is 5.80. The quantitative estimate of drug-likeness (QED) is 0.312. The minimum absolute atomic E-state index is 0.0145. The molecule has 0 radical (unpaired) electrons. The van der Waals surface area contributed by atoms with Crippen LogP contribution in [0.3, 0.4) is 0 Å². The molecule has 0 saturated carbocycles. The van der Waals surface area contributed by atoms with Crippen LogP contribution in [0.5, 0.6) is 11.5 Å². The van der Waals surface area contributed by atoms with Gasteiger partial charge in [-0.3, -0.25) is 4.79 Å². The summed E-state index contributed by atoms with van der Waals surface area (Å²) in [6.45, 7) is 0. The fourth-order valence-corrected chi connectivity index (χ4v) is 2.60. The molecule has 4 N–H and O–H groups in total. The van der Waals surface area contributed by atoms with Gasteiger partial charge in [0.2, 0.25) is 0 Å². The van der Waals surface area contributed by atoms with Gasteiger partial charge in [-0.2, -0.15) is 5.10 Å². The molecule has 0 aliphatic rings. The monoisotopic (exact) mass is 411 g/mol. The fraction of sp³-hybridized carbons (Fsp3) is 0.0667. The predicted octanol–water partition coefficient (Wildman–Crippen LogP) is 2.35. The minimum Gasteiger partial charge on any atom is -0.504 e. The molecule has 114 valence electrons. The number of carbonyl (C=O) groups excluding carboxylic acids is 1. The van der Waals surface area contributed by atoms with Crippen molar-refractivity contribution in [3.63, 3.8) is 0 Å². The first-order chi connectivity index (χ1) is 10.5. The minimum atomic E-state index is -0.344. The van der Waals surface area contributed by atoms with Crippen molar-refractivity contribution < 1.29 is 14.6 Å². The number of nitrogen functional groups attached to an aromatic ring is 1. The zero-order valence-electron chi connectivity index (χ0n) is 11.7. The van der Waals surface area contributed by atoms with E-state index in [1.54, 1.807) is 30.3 Å². The number of nitrogens with two attached hydrogens (primary N) is 1. The Morgan fingerprint density at radius 3 is 2.64 bits per heavy atom. The van der Waals surface area contributed by atoms with Gasteiger partial charge in [0.1, 0.15) is 0 Å². The number of rotatable bonds is 4. The lowest BCUT2D eigenvalue weighted by Gasteiger charge is -2.06. The van der Waals surface area contributed by atoms with E-state index in [-0.39, 0.29) is 11.7 Å². The van der Waals surface area contributed by atoms with Gasteiger partial charge in [0.25, 0.3) is 5.91 Å². The van der Waals surface area contributed by atoms with Crippen molar-refractivity contribution in [2.75, 3.05) is 12.8 Å². The van der Waals surface area contributed by atoms with Crippen LogP contribution in [0.15, 0.2) is 41.5 Å². The Balaban J connectivity index is 2.06. The Bertz CT molecular complexity index is 691. The predicted molar refractivity (Wildman–Crippen MR) is 93.3 cm³/mol. The van der Waals surface area contributed by atoms with Gasteiger partial charge in [-0.15, -0.1) is 0 Å². The van der Waals surface area contributed by atoms with Crippen LogP contribution in [-0.4, -0.2) is 24.3 Å². The fourth-order valence-electron chi connectivity index (χ4n) is 1.74. The van der Waals surface area contributed by atoms with Crippen LogP contribution >= 0.6 is 22.6 Å². The van der Waals surface area contributed by atoms with E-state index in [1.165, 1.54) is 19.4 Å². The summed E-state index contributed by atoms with van der Waals surface area (Å²) in [5.41, 5.74) is 9.65. The van der Waals surface area contributed by atoms with E-state index in [2.05, 4.69) is 10.5 Å². The molecule has 7 heteroatoms. The summed E-state index contributed by atoms with van der Waals surface area (Å²) in [6.07, 6.45) is 1.44. The Labute approximate surface area is 141 Å². The molecule has 0 atom stereocenters. The highest BCUT2D eigenvalue weighted by Gasteiger charge is 2.08. The summed E-state index contributed by atoms with van der Waals surface area (Å²) in [5, 5.41) is 13.7. The number of phenols is 1. The van der Waals surface area contributed by atoms with Crippen LogP contribution in [0.4, 0.5) is 5.69 Å². The van der Waals surface area contributed by atoms with Gasteiger partial charge in [-0.25, -0.2) is 5.43 Å². The average molecular weight is 411 g/mol. The normalized spacial score (nSPS) is 10.6. The highest BCUT2D eigenvalue weighted by atomic mass is 127. The highest BCUT2D eigenvalue weighted by Crippen LogP contribution is 2.31. The van der Waals surface area contributed by atoms with Gasteiger partial charge in [0.05, 0.1) is 16.9 Å². The first kappa shape index (κ1) is 16.1. The molecule has 0 heterocycles. The van der Waals surface area contributed by atoms with Crippen molar-refractivity contribution in [1.29, 1.82) is 0 Å². The van der Waals surface area contributed by atoms with Crippen LogP contribution in [0.25, 0.3) is 0 Å². The molecule has 0 aromatic heterocycles. The maximum absolute atomic E-state index is 11.8. The van der Waals surface area contributed by atoms with Crippen molar-refractivity contribution in [2.45, 2.75) is 0 Å². The lowest BCUT2D eigenvalue weighted by molar-refractivity contribution is 0.0955. The number of phenolic OH excluding ortho intramolecular Hbond substituents is 1. The Morgan fingerprint density at radius 1 is 1.36 bits per heavy atom. The summed E-state index contributed by atoms with van der Waals surface area (Å²) in [6, 6.07) is 9.79. The molecular weight excluding hydrogens is 397 g/mol. The van der Waals surface area contributed by atoms with Crippen molar-refractivity contribution in [3.8, 4) is 11.5 Å². The van der Waals surface area contributed by atoms with E-state index < -0.39 is 0 Å². The third-order valence-electron chi connectivity index (χ3n) is 2.80. The van der Waals surface area contributed by atoms with Gasteiger partial charge in [0.15, 0.2) is 11.5 Å². The van der Waals surface area contributed by atoms with Crippen LogP contribution in [0.1, 0.15) is 15.9 Å². The van der Waals surface area contributed by atoms with Crippen molar-refractivity contribution in [2.24, 2.45) is 5.10 Å². The first-order valence-corrected chi connectivity index (χ1v) is 7.34. The summed E-state index contributed by atoms with van der Waals surface area (Å²) in [4.78, 5) is 11.8. The van der Waals surface area contributed by atoms with Crippen molar-refractivity contribution in [3.05, 3.63) is 51.1 Å². The van der Waals surface area contributed by atoms with E-state index in [0.29, 0.717) is 22.6 Å². The number of halogens is 1. The Kier molecular flexibility index (Phi) is 5.21. The molecule has 2 rings (SSSR count). The second kappa shape index (κ2) is 7.12. The van der Waals surface area contributed by atoms with Gasteiger partial charge in [0, 0.05) is 11.3 Å². The van der Waals surface area contributed by atoms with Gasteiger partial charge in [-0.05, 0) is 64.6 Å². The standard InChI is InChI=1S/C15H14IN3O3/c1-22-14-12(16)6-9(7-13(14)20)8-18-19-15(21)10-2-4-11(17)5-3-10/h2-8,20H,17H2,1H3,(H,19,21)/b18-8-. The second-order valence-corrected chi connectivity index (χ2v) is 5.54. The molecule has 0 bridgehead atoms. The molecule has 0 spiro atoms. The SMILES string of the molecule is COc1c(O)cc(/C=N\NC(=O)c2ccc(N)cc2)cc1I. The van der Waals surface area contributed by atoms with E-state index >= 15 is 0 Å². The lowest BCUT2D eigenvalue weighted by Crippen LogP contribution is -2.17. The molecule has 2 aromatic carbocycles.